The zero-order valence-electron chi connectivity index (χ0n) is 42.4. The first-order chi connectivity index (χ1) is 29.4. The smallest absolute Gasteiger partial charge is 0.120 e. The topological polar surface area (TPSA) is 65.1 Å². The lowest BCUT2D eigenvalue weighted by atomic mass is 9.93. The van der Waals surface area contributed by atoms with Crippen molar-refractivity contribution in [1.29, 1.82) is 0 Å². The van der Waals surface area contributed by atoms with E-state index in [0.29, 0.717) is 17.9 Å². The molecule has 0 aromatic heterocycles. The Bertz CT molecular complexity index is 694. The number of ether oxygens (including phenoxy) is 3. The van der Waals surface area contributed by atoms with Crippen LogP contribution < -0.4 is 0 Å². The van der Waals surface area contributed by atoms with Crippen LogP contribution in [0.15, 0.2) is 0 Å². The summed E-state index contributed by atoms with van der Waals surface area (Å²) in [6.45, 7) is 16.3. The summed E-state index contributed by atoms with van der Waals surface area (Å²) < 4.78 is 16.6. The number of rotatable bonds is 47. The van der Waals surface area contributed by atoms with E-state index >= 15 is 0 Å². The average Bonchev–Trinajstić information content (AvgIpc) is 3.25. The highest BCUT2D eigenvalue weighted by Crippen LogP contribution is 2.21. The van der Waals surface area contributed by atoms with Gasteiger partial charge in [0.25, 0.3) is 0 Å². The molecule has 0 radical (unpaired) electrons. The van der Waals surface area contributed by atoms with Gasteiger partial charge in [-0.25, -0.2) is 0 Å². The lowest BCUT2D eigenvalue weighted by Gasteiger charge is -2.19. The molecular weight excluding hydrogens is 743 g/mol. The molecule has 0 aromatic rings. The molecule has 0 aliphatic rings. The summed E-state index contributed by atoms with van der Waals surface area (Å²) in [6.07, 6.45) is 48.6. The van der Waals surface area contributed by atoms with Gasteiger partial charge < -0.3 is 28.7 Å². The van der Waals surface area contributed by atoms with Crippen LogP contribution in [0.2, 0.25) is 0 Å². The first-order valence-corrected chi connectivity index (χ1v) is 26.6. The molecule has 0 bridgehead atoms. The van der Waals surface area contributed by atoms with E-state index in [1.165, 1.54) is 225 Å². The Morgan fingerprint density at radius 2 is 0.717 bits per heavy atom. The number of carbonyl (C=O) groups excluding carboxylic acids is 2. The Hall–Kier alpha value is -0.820. The number of carbonyl (C=O) groups is 2. The molecule has 6 nitrogen and oxygen atoms in total. The third-order valence-electron chi connectivity index (χ3n) is 12.3. The van der Waals surface area contributed by atoms with Gasteiger partial charge in [0, 0.05) is 46.9 Å². The first kappa shape index (κ1) is 63.5. The van der Waals surface area contributed by atoms with Crippen LogP contribution in [0.4, 0.5) is 0 Å². The average molecular weight is 854 g/mol. The SMILES string of the molecule is CCCCCC(CC=O)CCCCC.CCCCCC(CC=O)CCCCC.CCN(C)CCCCOC(CCCCCCCCCOC)CCCCCCCCCOC. The minimum atomic E-state index is 0.488. The number of hydrogen-bond acceptors (Lipinski definition) is 6. The van der Waals surface area contributed by atoms with Gasteiger partial charge in [-0.2, -0.15) is 0 Å². The molecule has 0 saturated heterocycles. The molecule has 362 valence electrons. The number of nitrogens with zero attached hydrogens (tertiary/aromatic N) is 1. The second kappa shape index (κ2) is 58.2. The summed E-state index contributed by atoms with van der Waals surface area (Å²) in [5, 5.41) is 0. The second-order valence-electron chi connectivity index (χ2n) is 18.1. The Morgan fingerprint density at radius 1 is 0.400 bits per heavy atom. The summed E-state index contributed by atoms with van der Waals surface area (Å²) in [7, 11) is 5.80. The fourth-order valence-electron chi connectivity index (χ4n) is 7.97. The van der Waals surface area contributed by atoms with Gasteiger partial charge in [0.2, 0.25) is 0 Å². The van der Waals surface area contributed by atoms with Gasteiger partial charge in [0.05, 0.1) is 6.10 Å². The van der Waals surface area contributed by atoms with Crippen LogP contribution in [0.3, 0.4) is 0 Å². The fraction of sp³-hybridized carbons (Fsp3) is 0.963. The Kier molecular flexibility index (Phi) is 61.5. The highest BCUT2D eigenvalue weighted by molar-refractivity contribution is 5.49. The summed E-state index contributed by atoms with van der Waals surface area (Å²) >= 11 is 0. The van der Waals surface area contributed by atoms with Gasteiger partial charge in [0.15, 0.2) is 0 Å². The predicted molar refractivity (Wildman–Crippen MR) is 265 cm³/mol. The zero-order chi connectivity index (χ0) is 44.8. The molecule has 0 N–H and O–H groups in total. The van der Waals surface area contributed by atoms with E-state index < -0.39 is 0 Å². The van der Waals surface area contributed by atoms with E-state index in [-0.39, 0.29) is 0 Å². The molecule has 6 heteroatoms. The van der Waals surface area contributed by atoms with Crippen molar-refractivity contribution in [2.45, 2.75) is 272 Å². The molecule has 0 aromatic carbocycles. The number of methoxy groups -OCH3 is 2. The molecule has 0 amide bonds. The van der Waals surface area contributed by atoms with Crippen molar-refractivity contribution in [1.82, 2.24) is 4.90 Å². The van der Waals surface area contributed by atoms with Crippen LogP contribution in [0, 0.1) is 11.8 Å². The summed E-state index contributed by atoms with van der Waals surface area (Å²) in [5.74, 6) is 1.34. The molecule has 0 rings (SSSR count). The summed E-state index contributed by atoms with van der Waals surface area (Å²) in [5.41, 5.74) is 0. The van der Waals surface area contributed by atoms with E-state index in [1.807, 2.05) is 0 Å². The highest BCUT2D eigenvalue weighted by atomic mass is 16.5. The van der Waals surface area contributed by atoms with Gasteiger partial charge in [-0.1, -0.05) is 214 Å². The third-order valence-corrected chi connectivity index (χ3v) is 12.3. The van der Waals surface area contributed by atoms with E-state index in [4.69, 9.17) is 14.2 Å². The van der Waals surface area contributed by atoms with Crippen molar-refractivity contribution in [2.75, 3.05) is 54.2 Å². The standard InChI is InChI=1S/C28H59NO3.2C13H26O/c1-5-29(2)24-18-21-27-32-28(22-16-12-8-6-10-14-19-25-30-3)23-17-13-9-7-11-15-20-26-31-4;2*1-3-5-7-9-13(11-12-14)10-8-6-4-2/h28H,5-27H2,1-4H3;2*12-13H,3-11H2,1-2H3. The van der Waals surface area contributed by atoms with E-state index in [1.54, 1.807) is 14.2 Å². The van der Waals surface area contributed by atoms with Crippen LogP contribution >= 0.6 is 0 Å². The minimum absolute atomic E-state index is 0.488. The molecule has 60 heavy (non-hydrogen) atoms. The number of hydrogen-bond donors (Lipinski definition) is 0. The van der Waals surface area contributed by atoms with Crippen LogP contribution in [-0.4, -0.2) is 77.8 Å². The Balaban J connectivity index is -0.000000953. The molecule has 0 aliphatic carbocycles. The van der Waals surface area contributed by atoms with E-state index in [9.17, 15) is 9.59 Å². The Labute approximate surface area is 378 Å². The third kappa shape index (κ3) is 55.2. The van der Waals surface area contributed by atoms with Crippen molar-refractivity contribution in [2.24, 2.45) is 11.8 Å². The van der Waals surface area contributed by atoms with Crippen LogP contribution in [0.1, 0.15) is 266 Å². The first-order valence-electron chi connectivity index (χ1n) is 26.6. The lowest BCUT2D eigenvalue weighted by Crippen LogP contribution is -2.20. The van der Waals surface area contributed by atoms with Crippen molar-refractivity contribution in [3.8, 4) is 0 Å². The molecule has 0 saturated carbocycles. The van der Waals surface area contributed by atoms with Crippen LogP contribution in [-0.2, 0) is 23.8 Å². The lowest BCUT2D eigenvalue weighted by molar-refractivity contribution is -0.109. The Morgan fingerprint density at radius 3 is 1.03 bits per heavy atom. The predicted octanol–water partition coefficient (Wildman–Crippen LogP) is 16.3. The molecular formula is C54H111NO5. The fourth-order valence-corrected chi connectivity index (χ4v) is 7.97. The van der Waals surface area contributed by atoms with Crippen molar-refractivity contribution in [3.05, 3.63) is 0 Å². The van der Waals surface area contributed by atoms with Crippen LogP contribution in [0.5, 0.6) is 0 Å². The summed E-state index contributed by atoms with van der Waals surface area (Å²) in [6, 6.07) is 0. The van der Waals surface area contributed by atoms with Gasteiger partial charge in [-0.05, 0) is 70.5 Å². The maximum atomic E-state index is 10.5. The molecule has 0 fully saturated rings. The number of aldehydes is 2. The highest BCUT2D eigenvalue weighted by Gasteiger charge is 2.10. The van der Waals surface area contributed by atoms with Gasteiger partial charge in [-0.3, -0.25) is 0 Å². The number of unbranched alkanes of at least 4 members (excludes halogenated alkanes) is 21. The molecule has 0 unspecified atom stereocenters. The molecule has 0 heterocycles. The summed E-state index contributed by atoms with van der Waals surface area (Å²) in [4.78, 5) is 23.4. The van der Waals surface area contributed by atoms with Crippen LogP contribution in [0.25, 0.3) is 0 Å². The van der Waals surface area contributed by atoms with Gasteiger partial charge >= 0.3 is 0 Å². The van der Waals surface area contributed by atoms with E-state index in [2.05, 4.69) is 46.6 Å². The van der Waals surface area contributed by atoms with Gasteiger partial charge in [-0.15, -0.1) is 0 Å². The maximum absolute atomic E-state index is 10.5. The zero-order valence-corrected chi connectivity index (χ0v) is 42.4. The largest absolute Gasteiger partial charge is 0.385 e. The molecule has 0 aliphatic heterocycles. The maximum Gasteiger partial charge on any atom is 0.120 e. The normalized spacial score (nSPS) is 11.3. The minimum Gasteiger partial charge on any atom is -0.385 e. The van der Waals surface area contributed by atoms with Crippen molar-refractivity contribution in [3.63, 3.8) is 0 Å². The van der Waals surface area contributed by atoms with Crippen molar-refractivity contribution < 1.29 is 23.8 Å². The molecule has 0 atom stereocenters. The monoisotopic (exact) mass is 854 g/mol. The van der Waals surface area contributed by atoms with E-state index in [0.717, 1.165) is 51.8 Å². The second-order valence-corrected chi connectivity index (χ2v) is 18.1. The van der Waals surface area contributed by atoms with Gasteiger partial charge in [0.1, 0.15) is 12.6 Å². The quantitative estimate of drug-likeness (QED) is 0.0449. The molecule has 0 spiro atoms. The van der Waals surface area contributed by atoms with Crippen molar-refractivity contribution >= 4 is 12.6 Å².